The monoisotopic (exact) mass is 395 g/mol. The molecule has 0 radical (unpaired) electrons. The van der Waals surface area contributed by atoms with Gasteiger partial charge in [0.1, 0.15) is 0 Å². The highest BCUT2D eigenvalue weighted by atomic mass is 32.2. The lowest BCUT2D eigenvalue weighted by Crippen LogP contribution is -2.14. The number of hydrogen-bond donors (Lipinski definition) is 2. The zero-order chi connectivity index (χ0) is 19.8. The highest BCUT2D eigenvalue weighted by molar-refractivity contribution is 7.99. The van der Waals surface area contributed by atoms with Crippen molar-refractivity contribution in [2.24, 2.45) is 5.73 Å². The van der Waals surface area contributed by atoms with Crippen LogP contribution >= 0.6 is 11.8 Å². The second-order valence-electron chi connectivity index (χ2n) is 5.92. The fourth-order valence-electron chi connectivity index (χ4n) is 2.49. The largest absolute Gasteiger partial charge is 0.367 e. The molecule has 1 aromatic carbocycles. The van der Waals surface area contributed by atoms with E-state index in [0.29, 0.717) is 48.1 Å². The Kier molecular flexibility index (Phi) is 6.94. The van der Waals surface area contributed by atoms with Crippen molar-refractivity contribution in [3.63, 3.8) is 0 Å². The minimum absolute atomic E-state index is 0.496. The Morgan fingerprint density at radius 2 is 2.11 bits per heavy atom. The van der Waals surface area contributed by atoms with Gasteiger partial charge in [0.2, 0.25) is 0 Å². The molecular formula is C19H21N7OS. The number of nitrogens with one attached hydrogen (secondary N) is 1. The maximum atomic E-state index is 10.3. The molecule has 2 heterocycles. The van der Waals surface area contributed by atoms with Gasteiger partial charge in [0.15, 0.2) is 28.4 Å². The molecule has 0 bridgehead atoms. The van der Waals surface area contributed by atoms with Crippen LogP contribution in [0.1, 0.15) is 24.5 Å². The fourth-order valence-corrected chi connectivity index (χ4v) is 3.19. The Balaban J connectivity index is 1.91. The number of nitrogens with zero attached hydrogens (tertiary/aromatic N) is 5. The second-order valence-corrected chi connectivity index (χ2v) is 6.98. The van der Waals surface area contributed by atoms with Gasteiger partial charge in [-0.3, -0.25) is 4.79 Å². The lowest BCUT2D eigenvalue weighted by molar-refractivity contribution is -0.103. The summed E-state index contributed by atoms with van der Waals surface area (Å²) in [4.78, 5) is 19.6. The Hall–Kier alpha value is -2.96. The van der Waals surface area contributed by atoms with Gasteiger partial charge in [-0.1, -0.05) is 42.0 Å². The second kappa shape index (κ2) is 9.82. The molecule has 0 aliphatic carbocycles. The number of hydrogen-bond acceptors (Lipinski definition) is 8. The topological polar surface area (TPSA) is 112 Å². The van der Waals surface area contributed by atoms with Gasteiger partial charge >= 0.3 is 0 Å². The predicted molar refractivity (Wildman–Crippen MR) is 110 cm³/mol. The number of rotatable bonds is 8. The normalized spacial score (nSPS) is 10.5. The molecule has 0 aliphatic rings. The molecule has 3 N–H and O–H groups in total. The molecule has 3 rings (SSSR count). The Morgan fingerprint density at radius 3 is 2.82 bits per heavy atom. The molecule has 0 atom stereocenters. The molecule has 0 unspecified atom stereocenters. The van der Waals surface area contributed by atoms with E-state index in [0.717, 1.165) is 23.3 Å². The fraction of sp³-hybridized carbons (Fsp3) is 0.316. The number of anilines is 1. The van der Waals surface area contributed by atoms with Crippen LogP contribution in [0.15, 0.2) is 29.4 Å². The van der Waals surface area contributed by atoms with E-state index < -0.39 is 0 Å². The van der Waals surface area contributed by atoms with E-state index in [1.807, 2.05) is 24.3 Å². The summed E-state index contributed by atoms with van der Waals surface area (Å²) in [5.74, 6) is 6.77. The van der Waals surface area contributed by atoms with Gasteiger partial charge in [-0.2, -0.15) is 0 Å². The summed E-state index contributed by atoms with van der Waals surface area (Å²) in [6.07, 6.45) is 1.62. The third-order valence-electron chi connectivity index (χ3n) is 3.78. The first-order chi connectivity index (χ1) is 13.7. The van der Waals surface area contributed by atoms with Crippen LogP contribution in [0.3, 0.4) is 0 Å². The molecule has 28 heavy (non-hydrogen) atoms. The van der Waals surface area contributed by atoms with Crippen LogP contribution in [0.25, 0.3) is 11.2 Å². The van der Waals surface area contributed by atoms with Gasteiger partial charge in [-0.05, 0) is 30.0 Å². The first-order valence-electron chi connectivity index (χ1n) is 8.97. The van der Waals surface area contributed by atoms with Crippen LogP contribution in [-0.2, 0) is 11.3 Å². The highest BCUT2D eigenvalue weighted by Gasteiger charge is 2.15. The van der Waals surface area contributed by atoms with Crippen molar-refractivity contribution in [2.75, 3.05) is 24.2 Å². The molecule has 0 spiro atoms. The number of carbonyl (C=O) groups is 1. The van der Waals surface area contributed by atoms with Gasteiger partial charge in [-0.25, -0.2) is 14.6 Å². The van der Waals surface area contributed by atoms with Crippen molar-refractivity contribution in [1.82, 2.24) is 25.0 Å². The number of carbonyl (C=O) groups excluding carboxylic acids is 1. The Bertz CT molecular complexity index is 1000. The minimum Gasteiger partial charge on any atom is -0.367 e. The standard InChI is InChI=1S/C19H21N7OS/c1-2-12-28-19-22-17(21-10-9-20)16-18(23-19)26(25-24-16)13-15-7-5-14(6-8-15)4-3-11-27/h5-8,11H,2,9-10,12-13,20H2,1H3,(H,21,22,23). The average Bonchev–Trinajstić information content (AvgIpc) is 3.12. The lowest BCUT2D eigenvalue weighted by Gasteiger charge is -2.08. The predicted octanol–water partition coefficient (Wildman–Crippen LogP) is 1.69. The maximum absolute atomic E-state index is 10.3. The molecule has 2 aromatic heterocycles. The molecule has 0 fully saturated rings. The van der Waals surface area contributed by atoms with E-state index in [4.69, 9.17) is 5.73 Å². The number of thioether (sulfide) groups is 1. The first-order valence-corrected chi connectivity index (χ1v) is 9.95. The molecule has 0 aliphatic heterocycles. The van der Waals surface area contributed by atoms with Gasteiger partial charge in [0.25, 0.3) is 0 Å². The van der Waals surface area contributed by atoms with Crippen LogP contribution in [0.4, 0.5) is 5.82 Å². The summed E-state index contributed by atoms with van der Waals surface area (Å²) in [7, 11) is 0. The van der Waals surface area contributed by atoms with Gasteiger partial charge in [0, 0.05) is 24.4 Å². The summed E-state index contributed by atoms with van der Waals surface area (Å²) in [6, 6.07) is 7.64. The van der Waals surface area contributed by atoms with Gasteiger partial charge in [-0.15, -0.1) is 5.10 Å². The number of aldehydes is 1. The zero-order valence-corrected chi connectivity index (χ0v) is 16.4. The van der Waals surface area contributed by atoms with E-state index in [1.165, 1.54) is 0 Å². The van der Waals surface area contributed by atoms with Crippen molar-refractivity contribution >= 4 is 35.0 Å². The van der Waals surface area contributed by atoms with E-state index in [9.17, 15) is 4.79 Å². The van der Waals surface area contributed by atoms with Crippen LogP contribution in [0, 0.1) is 11.8 Å². The van der Waals surface area contributed by atoms with Crippen molar-refractivity contribution in [3.8, 4) is 11.8 Å². The van der Waals surface area contributed by atoms with Crippen molar-refractivity contribution in [2.45, 2.75) is 25.0 Å². The molecule has 0 amide bonds. The van der Waals surface area contributed by atoms with E-state index in [-0.39, 0.29) is 0 Å². The summed E-state index contributed by atoms with van der Waals surface area (Å²) in [5.41, 5.74) is 8.73. The summed E-state index contributed by atoms with van der Waals surface area (Å²) in [6.45, 7) is 3.73. The Labute approximate surface area is 167 Å². The van der Waals surface area contributed by atoms with Gasteiger partial charge < -0.3 is 11.1 Å². The van der Waals surface area contributed by atoms with Gasteiger partial charge in [0.05, 0.1) is 6.54 Å². The van der Waals surface area contributed by atoms with E-state index in [1.54, 1.807) is 16.4 Å². The molecule has 8 nitrogen and oxygen atoms in total. The number of nitrogens with two attached hydrogens (primary N) is 1. The Morgan fingerprint density at radius 1 is 1.29 bits per heavy atom. The third kappa shape index (κ3) is 4.85. The lowest BCUT2D eigenvalue weighted by atomic mass is 10.1. The molecule has 9 heteroatoms. The quantitative estimate of drug-likeness (QED) is 0.256. The number of benzene rings is 1. The first kappa shape index (κ1) is 19.8. The summed E-state index contributed by atoms with van der Waals surface area (Å²) in [5, 5.41) is 12.4. The van der Waals surface area contributed by atoms with Crippen LogP contribution in [0.2, 0.25) is 0 Å². The molecule has 3 aromatic rings. The van der Waals surface area contributed by atoms with Crippen LogP contribution < -0.4 is 11.1 Å². The maximum Gasteiger partial charge on any atom is 0.193 e. The average molecular weight is 395 g/mol. The smallest absolute Gasteiger partial charge is 0.193 e. The SMILES string of the molecule is CCCSc1nc(NCCN)c2nnn(Cc3ccc(C#CC=O)cc3)c2n1. The highest BCUT2D eigenvalue weighted by Crippen LogP contribution is 2.23. The number of aromatic nitrogens is 5. The zero-order valence-electron chi connectivity index (χ0n) is 15.6. The minimum atomic E-state index is 0.496. The molecule has 144 valence electrons. The van der Waals surface area contributed by atoms with E-state index in [2.05, 4.69) is 44.4 Å². The number of fused-ring (bicyclic) bond motifs is 1. The van der Waals surface area contributed by atoms with Crippen molar-refractivity contribution < 1.29 is 4.79 Å². The molecule has 0 saturated carbocycles. The van der Waals surface area contributed by atoms with E-state index >= 15 is 0 Å². The van der Waals surface area contributed by atoms with Crippen LogP contribution in [0.5, 0.6) is 0 Å². The summed E-state index contributed by atoms with van der Waals surface area (Å²) >= 11 is 1.60. The molecule has 0 saturated heterocycles. The van der Waals surface area contributed by atoms with Crippen LogP contribution in [-0.4, -0.2) is 50.1 Å². The summed E-state index contributed by atoms with van der Waals surface area (Å²) < 4.78 is 1.76. The van der Waals surface area contributed by atoms with Crippen molar-refractivity contribution in [3.05, 3.63) is 35.4 Å². The molecular weight excluding hydrogens is 374 g/mol. The van der Waals surface area contributed by atoms with Crippen molar-refractivity contribution in [1.29, 1.82) is 0 Å². The third-order valence-corrected chi connectivity index (χ3v) is 4.83.